The first kappa shape index (κ1) is 10.8. The lowest BCUT2D eigenvalue weighted by Gasteiger charge is -2.04. The number of rotatable bonds is 3. The molecule has 0 saturated carbocycles. The maximum absolute atomic E-state index is 13.2. The van der Waals surface area contributed by atoms with Crippen LogP contribution in [0.3, 0.4) is 0 Å². The van der Waals surface area contributed by atoms with E-state index in [-0.39, 0.29) is 17.5 Å². The maximum Gasteiger partial charge on any atom is 0.239 e. The summed E-state index contributed by atoms with van der Waals surface area (Å²) >= 11 is 5.56. The first-order valence-electron chi connectivity index (χ1n) is 4.60. The second-order valence-electron chi connectivity index (χ2n) is 3.03. The molecule has 82 valence electrons. The summed E-state index contributed by atoms with van der Waals surface area (Å²) < 4.78 is 18.4. The fraction of sp³-hybridized carbons (Fsp3) is 0.0909. The van der Waals surface area contributed by atoms with Crippen LogP contribution in [0.4, 0.5) is 4.39 Å². The van der Waals surface area contributed by atoms with E-state index in [4.69, 9.17) is 16.3 Å². The molecule has 0 atom stereocenters. The molecule has 16 heavy (non-hydrogen) atoms. The van der Waals surface area contributed by atoms with E-state index < -0.39 is 5.82 Å². The Labute approximate surface area is 96.8 Å². The minimum Gasteiger partial charge on any atom is -0.434 e. The monoisotopic (exact) mass is 238 g/mol. The van der Waals surface area contributed by atoms with Crippen molar-refractivity contribution in [3.05, 3.63) is 47.9 Å². The number of hydrogen-bond acceptors (Lipinski definition) is 3. The van der Waals surface area contributed by atoms with E-state index in [1.807, 2.05) is 0 Å². The maximum atomic E-state index is 13.2. The number of alkyl halides is 1. The van der Waals surface area contributed by atoms with Crippen LogP contribution >= 0.6 is 11.6 Å². The van der Waals surface area contributed by atoms with Crippen LogP contribution in [-0.2, 0) is 5.88 Å². The van der Waals surface area contributed by atoms with Crippen LogP contribution in [0, 0.1) is 5.82 Å². The molecule has 0 radical (unpaired) electrons. The number of aromatic nitrogens is 2. The predicted molar refractivity (Wildman–Crippen MR) is 58.1 cm³/mol. The molecule has 5 heteroatoms. The molecule has 0 fully saturated rings. The Bertz CT molecular complexity index is 476. The van der Waals surface area contributed by atoms with Gasteiger partial charge in [-0.25, -0.2) is 4.39 Å². The van der Waals surface area contributed by atoms with Crippen LogP contribution in [0.5, 0.6) is 11.6 Å². The number of halogens is 2. The van der Waals surface area contributed by atoms with Gasteiger partial charge in [0.2, 0.25) is 5.88 Å². The summed E-state index contributed by atoms with van der Waals surface area (Å²) in [5.74, 6) is 0.201. The number of benzene rings is 1. The molecular weight excluding hydrogens is 231 g/mol. The number of nitrogens with zero attached hydrogens (tertiary/aromatic N) is 2. The van der Waals surface area contributed by atoms with Crippen molar-refractivity contribution in [1.29, 1.82) is 0 Å². The van der Waals surface area contributed by atoms with Gasteiger partial charge in [0.1, 0.15) is 0 Å². The number of para-hydroxylation sites is 1. The fourth-order valence-electron chi connectivity index (χ4n) is 1.11. The van der Waals surface area contributed by atoms with Gasteiger partial charge in [-0.15, -0.1) is 16.7 Å². The molecule has 1 aromatic heterocycles. The highest BCUT2D eigenvalue weighted by atomic mass is 35.5. The Kier molecular flexibility index (Phi) is 3.31. The van der Waals surface area contributed by atoms with Crippen LogP contribution in [0.1, 0.15) is 5.69 Å². The summed E-state index contributed by atoms with van der Waals surface area (Å²) in [6.07, 6.45) is 0. The third-order valence-electron chi connectivity index (χ3n) is 1.88. The van der Waals surface area contributed by atoms with E-state index >= 15 is 0 Å². The van der Waals surface area contributed by atoms with Gasteiger partial charge in [0.25, 0.3) is 0 Å². The molecule has 0 amide bonds. The van der Waals surface area contributed by atoms with Crippen molar-refractivity contribution in [3.8, 4) is 11.6 Å². The van der Waals surface area contributed by atoms with Gasteiger partial charge in [-0.2, -0.15) is 5.10 Å². The summed E-state index contributed by atoms with van der Waals surface area (Å²) in [5.41, 5.74) is 0.641. The third-order valence-corrected chi connectivity index (χ3v) is 2.16. The summed E-state index contributed by atoms with van der Waals surface area (Å²) in [5, 5.41) is 7.56. The van der Waals surface area contributed by atoms with E-state index in [0.29, 0.717) is 5.69 Å². The molecule has 2 aromatic rings. The van der Waals surface area contributed by atoms with E-state index in [1.165, 1.54) is 12.1 Å². The Morgan fingerprint density at radius 3 is 2.56 bits per heavy atom. The summed E-state index contributed by atoms with van der Waals surface area (Å²) in [4.78, 5) is 0. The highest BCUT2D eigenvalue weighted by molar-refractivity contribution is 6.16. The van der Waals surface area contributed by atoms with Gasteiger partial charge in [-0.05, 0) is 18.2 Å². The van der Waals surface area contributed by atoms with E-state index in [0.717, 1.165) is 0 Å². The molecule has 0 bridgehead atoms. The van der Waals surface area contributed by atoms with Crippen LogP contribution in [0.2, 0.25) is 0 Å². The zero-order valence-corrected chi connectivity index (χ0v) is 8.99. The lowest BCUT2D eigenvalue weighted by atomic mass is 10.3. The highest BCUT2D eigenvalue weighted by Gasteiger charge is 2.04. The van der Waals surface area contributed by atoms with Gasteiger partial charge in [-0.1, -0.05) is 12.1 Å². The molecule has 3 nitrogen and oxygen atoms in total. The molecule has 0 saturated heterocycles. The molecule has 0 spiro atoms. The molecule has 2 rings (SSSR count). The summed E-state index contributed by atoms with van der Waals surface area (Å²) in [6.45, 7) is 0. The molecule has 0 aliphatic carbocycles. The van der Waals surface area contributed by atoms with E-state index in [2.05, 4.69) is 10.2 Å². The van der Waals surface area contributed by atoms with Gasteiger partial charge in [0, 0.05) is 6.07 Å². The largest absolute Gasteiger partial charge is 0.434 e. The standard InChI is InChI=1S/C11H8ClFN2O/c12-7-8-5-6-11(15-14-8)16-10-4-2-1-3-9(10)13/h1-6H,7H2. The van der Waals surface area contributed by atoms with Crippen LogP contribution in [0.15, 0.2) is 36.4 Å². The van der Waals surface area contributed by atoms with Crippen LogP contribution < -0.4 is 4.74 Å². The quantitative estimate of drug-likeness (QED) is 0.771. The molecule has 0 aliphatic rings. The highest BCUT2D eigenvalue weighted by Crippen LogP contribution is 2.21. The lowest BCUT2D eigenvalue weighted by Crippen LogP contribution is -1.94. The van der Waals surface area contributed by atoms with Gasteiger partial charge < -0.3 is 4.74 Å². The predicted octanol–water partition coefficient (Wildman–Crippen LogP) is 3.15. The first-order chi connectivity index (χ1) is 7.79. The van der Waals surface area contributed by atoms with Gasteiger partial charge >= 0.3 is 0 Å². The van der Waals surface area contributed by atoms with Crippen molar-refractivity contribution >= 4 is 11.6 Å². The Morgan fingerprint density at radius 2 is 1.94 bits per heavy atom. The topological polar surface area (TPSA) is 35.0 Å². The second kappa shape index (κ2) is 4.90. The molecule has 0 N–H and O–H groups in total. The Morgan fingerprint density at radius 1 is 1.12 bits per heavy atom. The van der Waals surface area contributed by atoms with Crippen molar-refractivity contribution in [3.63, 3.8) is 0 Å². The molecule has 1 heterocycles. The first-order valence-corrected chi connectivity index (χ1v) is 5.14. The zero-order chi connectivity index (χ0) is 11.4. The van der Waals surface area contributed by atoms with E-state index in [9.17, 15) is 4.39 Å². The lowest BCUT2D eigenvalue weighted by molar-refractivity contribution is 0.421. The van der Waals surface area contributed by atoms with E-state index in [1.54, 1.807) is 24.3 Å². The fourth-order valence-corrected chi connectivity index (χ4v) is 1.26. The van der Waals surface area contributed by atoms with Crippen molar-refractivity contribution in [2.45, 2.75) is 5.88 Å². The van der Waals surface area contributed by atoms with Crippen LogP contribution in [-0.4, -0.2) is 10.2 Å². The minimum absolute atomic E-state index is 0.121. The van der Waals surface area contributed by atoms with Crippen molar-refractivity contribution in [1.82, 2.24) is 10.2 Å². The SMILES string of the molecule is Fc1ccccc1Oc1ccc(CCl)nn1. The average Bonchev–Trinajstić information content (AvgIpc) is 2.33. The second-order valence-corrected chi connectivity index (χ2v) is 3.30. The normalized spacial score (nSPS) is 10.1. The van der Waals surface area contributed by atoms with Crippen molar-refractivity contribution < 1.29 is 9.13 Å². The van der Waals surface area contributed by atoms with Crippen molar-refractivity contribution in [2.24, 2.45) is 0 Å². The third kappa shape index (κ3) is 2.46. The molecule has 0 unspecified atom stereocenters. The molecule has 0 aliphatic heterocycles. The van der Waals surface area contributed by atoms with Gasteiger partial charge in [0.05, 0.1) is 11.6 Å². The van der Waals surface area contributed by atoms with Crippen molar-refractivity contribution in [2.75, 3.05) is 0 Å². The summed E-state index contributed by atoms with van der Waals surface area (Å²) in [7, 11) is 0. The smallest absolute Gasteiger partial charge is 0.239 e. The Balaban J connectivity index is 2.18. The molecule has 1 aromatic carbocycles. The number of hydrogen-bond donors (Lipinski definition) is 0. The van der Waals surface area contributed by atoms with Crippen LogP contribution in [0.25, 0.3) is 0 Å². The molecular formula is C11H8ClFN2O. The average molecular weight is 239 g/mol. The minimum atomic E-state index is -0.439. The Hall–Kier alpha value is -1.68. The van der Waals surface area contributed by atoms with Gasteiger partial charge in [0.15, 0.2) is 11.6 Å². The summed E-state index contributed by atoms with van der Waals surface area (Å²) in [6, 6.07) is 9.37. The number of ether oxygens (including phenoxy) is 1. The van der Waals surface area contributed by atoms with Gasteiger partial charge in [-0.3, -0.25) is 0 Å². The zero-order valence-electron chi connectivity index (χ0n) is 8.23.